The van der Waals surface area contributed by atoms with Gasteiger partial charge in [0.1, 0.15) is 6.10 Å². The molecule has 0 radical (unpaired) electrons. The summed E-state index contributed by atoms with van der Waals surface area (Å²) in [6.07, 6.45) is 13.8. The Hall–Kier alpha value is -2.68. The zero-order valence-corrected chi connectivity index (χ0v) is 30.8. The molecule has 0 N–H and O–H groups in total. The van der Waals surface area contributed by atoms with Gasteiger partial charge in [0, 0.05) is 31.0 Å². The Morgan fingerprint density at radius 2 is 1.80 bits per heavy atom. The molecule has 0 aliphatic carbocycles. The number of rotatable bonds is 15. The lowest BCUT2D eigenvalue weighted by molar-refractivity contribution is -0.137. The normalized spacial score (nSPS) is 16.2. The predicted molar refractivity (Wildman–Crippen MR) is 189 cm³/mol. The average Bonchev–Trinajstić information content (AvgIpc) is 2.95. The van der Waals surface area contributed by atoms with Gasteiger partial charge in [-0.05, 0) is 94.3 Å². The molecular formula is C36H55ClN2O5Si. The lowest BCUT2D eigenvalue weighted by atomic mass is 9.94. The van der Waals surface area contributed by atoms with Crippen LogP contribution < -0.4 is 0 Å². The van der Waals surface area contributed by atoms with E-state index < -0.39 is 14.3 Å². The van der Waals surface area contributed by atoms with Crippen LogP contribution in [-0.4, -0.2) is 62.7 Å². The minimum atomic E-state index is -2.01. The number of allylic oxidation sites excluding steroid dienone is 2. The van der Waals surface area contributed by atoms with Crippen LogP contribution in [0.25, 0.3) is 0 Å². The molecule has 0 spiro atoms. The van der Waals surface area contributed by atoms with Crippen molar-refractivity contribution in [2.24, 2.45) is 5.16 Å². The smallest absolute Gasteiger partial charge is 0.339 e. The summed E-state index contributed by atoms with van der Waals surface area (Å²) >= 11 is 6.85. The van der Waals surface area contributed by atoms with Crippen LogP contribution in [0.4, 0.5) is 0 Å². The van der Waals surface area contributed by atoms with Crippen LogP contribution >= 0.6 is 11.6 Å². The number of carbonyl (C=O) groups is 2. The fraction of sp³-hybridized carbons (Fsp3) is 0.583. The van der Waals surface area contributed by atoms with Crippen molar-refractivity contribution < 1.29 is 23.6 Å². The molecule has 1 saturated heterocycles. The summed E-state index contributed by atoms with van der Waals surface area (Å²) in [4.78, 5) is 33.7. The minimum absolute atomic E-state index is 0.0753. The summed E-state index contributed by atoms with van der Waals surface area (Å²) in [5.74, 6) is -0.526. The van der Waals surface area contributed by atoms with Crippen LogP contribution in [0.2, 0.25) is 23.2 Å². The molecule has 0 aromatic heterocycles. The number of esters is 1. The maximum absolute atomic E-state index is 13.4. The Kier molecular flexibility index (Phi) is 15.3. The Labute approximate surface area is 277 Å². The first kappa shape index (κ1) is 38.5. The number of hydrogen-bond acceptors (Lipinski definition) is 6. The van der Waals surface area contributed by atoms with Crippen molar-refractivity contribution in [3.63, 3.8) is 0 Å². The molecule has 1 aliphatic rings. The molecular weight excluding hydrogens is 604 g/mol. The van der Waals surface area contributed by atoms with E-state index in [1.165, 1.54) is 0 Å². The number of carbonyl (C=O) groups excluding carboxylic acids is 2. The van der Waals surface area contributed by atoms with E-state index in [0.29, 0.717) is 34.7 Å². The van der Waals surface area contributed by atoms with Crippen LogP contribution in [0.3, 0.4) is 0 Å². The third-order valence-electron chi connectivity index (χ3n) is 8.53. The van der Waals surface area contributed by atoms with Crippen LogP contribution in [0.1, 0.15) is 93.8 Å². The number of aryl methyl sites for hydroxylation is 2. The topological polar surface area (TPSA) is 77.4 Å². The van der Waals surface area contributed by atoms with E-state index in [4.69, 9.17) is 25.6 Å². The number of ether oxygens (including phenoxy) is 1. The first-order chi connectivity index (χ1) is 21.1. The zero-order valence-electron chi connectivity index (χ0n) is 29.0. The monoisotopic (exact) mass is 658 g/mol. The Bertz CT molecular complexity index is 1260. The SMILES string of the molecule is C=CC[C@@H](C)OC(=O)c1c(C)cc(C)c(Cl)c1CC(/C=C/C[C@H](/C=C/C)O[Si](C)(C)C(C)(C)C)=NOCC(=O)N1CCCCC1. The highest BCUT2D eigenvalue weighted by Crippen LogP contribution is 2.38. The summed E-state index contributed by atoms with van der Waals surface area (Å²) in [5, 5.41) is 4.96. The number of halogens is 1. The van der Waals surface area contributed by atoms with E-state index >= 15 is 0 Å². The van der Waals surface area contributed by atoms with Gasteiger partial charge in [-0.25, -0.2) is 4.79 Å². The van der Waals surface area contributed by atoms with Gasteiger partial charge in [0.2, 0.25) is 0 Å². The van der Waals surface area contributed by atoms with Gasteiger partial charge in [-0.15, -0.1) is 6.58 Å². The molecule has 1 aliphatic heterocycles. The van der Waals surface area contributed by atoms with Crippen LogP contribution in [0.5, 0.6) is 0 Å². The molecule has 1 aromatic rings. The van der Waals surface area contributed by atoms with Crippen molar-refractivity contribution in [1.29, 1.82) is 0 Å². The maximum Gasteiger partial charge on any atom is 0.339 e. The van der Waals surface area contributed by atoms with E-state index in [-0.39, 0.29) is 36.2 Å². The molecule has 0 saturated carbocycles. The second-order valence-electron chi connectivity index (χ2n) is 13.5. The molecule has 1 heterocycles. The second-order valence-corrected chi connectivity index (χ2v) is 18.6. The van der Waals surface area contributed by atoms with Gasteiger partial charge in [-0.3, -0.25) is 4.79 Å². The van der Waals surface area contributed by atoms with Gasteiger partial charge in [-0.1, -0.05) is 67.9 Å². The molecule has 45 heavy (non-hydrogen) atoms. The highest BCUT2D eigenvalue weighted by molar-refractivity contribution is 6.74. The largest absolute Gasteiger partial charge is 0.459 e. The third kappa shape index (κ3) is 11.9. The Balaban J connectivity index is 2.42. The Morgan fingerprint density at radius 3 is 2.40 bits per heavy atom. The number of benzene rings is 1. The fourth-order valence-corrected chi connectivity index (χ4v) is 6.50. The predicted octanol–water partition coefficient (Wildman–Crippen LogP) is 8.92. The molecule has 7 nitrogen and oxygen atoms in total. The first-order valence-corrected chi connectivity index (χ1v) is 19.4. The molecule has 2 atom stereocenters. The first-order valence-electron chi connectivity index (χ1n) is 16.2. The summed E-state index contributed by atoms with van der Waals surface area (Å²) in [7, 11) is -2.01. The molecule has 1 aromatic carbocycles. The highest BCUT2D eigenvalue weighted by Gasteiger charge is 2.38. The summed E-state index contributed by atoms with van der Waals surface area (Å²) in [6.45, 7) is 23.9. The molecule has 9 heteroatoms. The number of piperidine rings is 1. The number of nitrogens with zero attached hydrogens (tertiary/aromatic N) is 2. The van der Waals surface area contributed by atoms with E-state index in [0.717, 1.165) is 43.5 Å². The van der Waals surface area contributed by atoms with Gasteiger partial charge >= 0.3 is 5.97 Å². The van der Waals surface area contributed by atoms with E-state index in [1.807, 2.05) is 56.9 Å². The van der Waals surface area contributed by atoms with Crippen molar-refractivity contribution in [3.8, 4) is 0 Å². The highest BCUT2D eigenvalue weighted by atomic mass is 35.5. The Morgan fingerprint density at radius 1 is 1.13 bits per heavy atom. The van der Waals surface area contributed by atoms with E-state index in [9.17, 15) is 9.59 Å². The molecule has 1 fully saturated rings. The summed E-state index contributed by atoms with van der Waals surface area (Å²) in [6, 6.07) is 1.89. The minimum Gasteiger partial charge on any atom is -0.459 e. The maximum atomic E-state index is 13.4. The average molecular weight is 659 g/mol. The number of oxime groups is 1. The van der Waals surface area contributed by atoms with Gasteiger partial charge in [-0.2, -0.15) is 0 Å². The van der Waals surface area contributed by atoms with Crippen molar-refractivity contribution in [2.75, 3.05) is 19.7 Å². The lowest BCUT2D eigenvalue weighted by Gasteiger charge is -2.38. The number of hydrogen-bond donors (Lipinski definition) is 0. The lowest BCUT2D eigenvalue weighted by Crippen LogP contribution is -2.43. The van der Waals surface area contributed by atoms with Crippen molar-refractivity contribution >= 4 is 37.5 Å². The number of amides is 1. The second kappa shape index (κ2) is 17.9. The van der Waals surface area contributed by atoms with Gasteiger partial charge in [0.25, 0.3) is 5.91 Å². The summed E-state index contributed by atoms with van der Waals surface area (Å²) in [5.41, 5.74) is 3.18. The summed E-state index contributed by atoms with van der Waals surface area (Å²) < 4.78 is 12.4. The standard InChI is InChI=1S/C36H55ClN2O5Si/c1-11-17-28(5)43-35(41)33-26(3)23-27(4)34(37)31(33)24-29(38-42-25-32(40)39-21-14-13-15-22-39)19-16-20-30(18-12-2)44-45(9,10)36(6,7)8/h11-12,16,18-19,23,28,30H,1,13-15,17,20-22,24-25H2,2-10H3/b18-12+,19-16+,38-29?/t28-,30+/m1/s1. The van der Waals surface area contributed by atoms with Crippen molar-refractivity contribution in [1.82, 2.24) is 4.90 Å². The number of likely N-dealkylation sites (tertiary alicyclic amines) is 1. The van der Waals surface area contributed by atoms with Gasteiger partial charge < -0.3 is 18.9 Å². The molecule has 0 unspecified atom stereocenters. The van der Waals surface area contributed by atoms with Crippen molar-refractivity contribution in [3.05, 3.63) is 70.3 Å². The molecule has 250 valence electrons. The van der Waals surface area contributed by atoms with Gasteiger partial charge in [0.15, 0.2) is 14.9 Å². The van der Waals surface area contributed by atoms with Crippen LogP contribution in [0.15, 0.2) is 48.2 Å². The van der Waals surface area contributed by atoms with Crippen molar-refractivity contribution in [2.45, 2.75) is 117 Å². The van der Waals surface area contributed by atoms with E-state index in [2.05, 4.69) is 51.7 Å². The molecule has 0 bridgehead atoms. The molecule has 2 rings (SSSR count). The van der Waals surface area contributed by atoms with Crippen LogP contribution in [0, 0.1) is 13.8 Å². The van der Waals surface area contributed by atoms with E-state index in [1.54, 1.807) is 6.08 Å². The van der Waals surface area contributed by atoms with Crippen LogP contribution in [-0.2, 0) is 25.2 Å². The zero-order chi connectivity index (χ0) is 33.8. The quantitative estimate of drug-likeness (QED) is 0.0618. The fourth-order valence-electron chi connectivity index (χ4n) is 5.00. The molecule has 1 amide bonds. The third-order valence-corrected chi connectivity index (χ3v) is 13.6. The van der Waals surface area contributed by atoms with Gasteiger partial charge in [0.05, 0.1) is 17.4 Å².